The van der Waals surface area contributed by atoms with Crippen LogP contribution in [0.3, 0.4) is 0 Å². The highest BCUT2D eigenvalue weighted by Crippen LogP contribution is 2.17. The highest BCUT2D eigenvalue weighted by Gasteiger charge is 1.99. The molecule has 3 heteroatoms. The van der Waals surface area contributed by atoms with Gasteiger partial charge in [0.1, 0.15) is 5.75 Å². The average molecular weight is 240 g/mol. The molecule has 1 heterocycles. The van der Waals surface area contributed by atoms with E-state index in [4.69, 9.17) is 4.74 Å². The van der Waals surface area contributed by atoms with Crippen LogP contribution in [0.4, 0.5) is 5.82 Å². The number of ether oxygens (including phenoxy) is 1. The fraction of sp³-hybridized carbons (Fsp3) is 0.200. The van der Waals surface area contributed by atoms with Crippen molar-refractivity contribution in [2.75, 3.05) is 7.11 Å². The van der Waals surface area contributed by atoms with Crippen LogP contribution in [0.15, 0.2) is 41.4 Å². The second-order valence-electron chi connectivity index (χ2n) is 4.14. The molecule has 0 aliphatic heterocycles. The molecule has 0 saturated heterocycles. The quantitative estimate of drug-likeness (QED) is 0.770. The number of hydrogen-bond donors (Lipinski definition) is 0. The normalized spacial score (nSPS) is 10.8. The van der Waals surface area contributed by atoms with E-state index in [0.717, 1.165) is 28.4 Å². The van der Waals surface area contributed by atoms with Gasteiger partial charge in [-0.15, -0.1) is 0 Å². The van der Waals surface area contributed by atoms with Gasteiger partial charge in [-0.2, -0.15) is 0 Å². The first-order chi connectivity index (χ1) is 8.69. The van der Waals surface area contributed by atoms with Gasteiger partial charge in [0.2, 0.25) is 0 Å². The molecule has 18 heavy (non-hydrogen) atoms. The molecule has 2 aromatic rings. The zero-order valence-electron chi connectivity index (χ0n) is 10.8. The molecule has 0 N–H and O–H groups in total. The molecule has 3 nitrogen and oxygen atoms in total. The van der Waals surface area contributed by atoms with Crippen molar-refractivity contribution in [2.24, 2.45) is 4.99 Å². The average Bonchev–Trinajstić information content (AvgIpc) is 2.35. The highest BCUT2D eigenvalue weighted by molar-refractivity contribution is 5.85. The molecule has 1 aromatic carbocycles. The molecule has 0 radical (unpaired) electrons. The van der Waals surface area contributed by atoms with Gasteiger partial charge in [-0.25, -0.2) is 9.98 Å². The summed E-state index contributed by atoms with van der Waals surface area (Å²) in [5.41, 5.74) is 3.08. The predicted octanol–water partition coefficient (Wildman–Crippen LogP) is 3.46. The third-order valence-electron chi connectivity index (χ3n) is 2.56. The van der Waals surface area contributed by atoms with E-state index in [9.17, 15) is 0 Å². The first kappa shape index (κ1) is 12.3. The van der Waals surface area contributed by atoms with Crippen molar-refractivity contribution in [3.8, 4) is 5.75 Å². The van der Waals surface area contributed by atoms with Gasteiger partial charge >= 0.3 is 0 Å². The number of benzene rings is 1. The van der Waals surface area contributed by atoms with E-state index < -0.39 is 0 Å². The number of pyridine rings is 1. The number of aryl methyl sites for hydroxylation is 2. The van der Waals surface area contributed by atoms with Crippen molar-refractivity contribution >= 4 is 12.0 Å². The molecule has 1 aromatic heterocycles. The van der Waals surface area contributed by atoms with Crippen molar-refractivity contribution in [1.82, 2.24) is 4.98 Å². The Morgan fingerprint density at radius 3 is 2.67 bits per heavy atom. The van der Waals surface area contributed by atoms with Gasteiger partial charge in [0.15, 0.2) is 5.82 Å². The molecule has 0 fully saturated rings. The third-order valence-corrected chi connectivity index (χ3v) is 2.56. The molecule has 92 valence electrons. The molecule has 2 rings (SSSR count). The minimum Gasteiger partial charge on any atom is -0.496 e. The van der Waals surface area contributed by atoms with E-state index in [1.165, 1.54) is 0 Å². The van der Waals surface area contributed by atoms with Gasteiger partial charge < -0.3 is 4.74 Å². The van der Waals surface area contributed by atoms with Gasteiger partial charge in [-0.05, 0) is 43.7 Å². The summed E-state index contributed by atoms with van der Waals surface area (Å²) in [6.07, 6.45) is 1.78. The minimum atomic E-state index is 0.721. The van der Waals surface area contributed by atoms with E-state index in [1.54, 1.807) is 13.3 Å². The van der Waals surface area contributed by atoms with Crippen LogP contribution in [-0.4, -0.2) is 18.3 Å². The van der Waals surface area contributed by atoms with E-state index in [-0.39, 0.29) is 0 Å². The first-order valence-corrected chi connectivity index (χ1v) is 5.81. The molecule has 0 atom stereocenters. The van der Waals surface area contributed by atoms with Crippen molar-refractivity contribution in [3.63, 3.8) is 0 Å². The lowest BCUT2D eigenvalue weighted by molar-refractivity contribution is 0.414. The van der Waals surface area contributed by atoms with Crippen LogP contribution < -0.4 is 4.74 Å². The summed E-state index contributed by atoms with van der Waals surface area (Å²) in [6.45, 7) is 4.01. The number of hydrogen-bond acceptors (Lipinski definition) is 3. The van der Waals surface area contributed by atoms with Crippen LogP contribution in [0, 0.1) is 13.8 Å². The molecular formula is C15H16N2O. The SMILES string of the molecule is COc1ccccc1/C=N/c1cc(C)cc(C)n1. The number of rotatable bonds is 3. The number of aromatic nitrogens is 1. The molecule has 0 bridgehead atoms. The summed E-state index contributed by atoms with van der Waals surface area (Å²) in [5.74, 6) is 1.53. The fourth-order valence-electron chi connectivity index (χ4n) is 1.79. The number of aliphatic imine (C=N–C) groups is 1. The standard InChI is InChI=1S/C15H16N2O/c1-11-8-12(2)17-15(9-11)16-10-13-6-4-5-7-14(13)18-3/h4-10H,1-3H3/b16-10+. The summed E-state index contributed by atoms with van der Waals surface area (Å²) in [4.78, 5) is 8.76. The summed E-state index contributed by atoms with van der Waals surface area (Å²) in [7, 11) is 1.65. The van der Waals surface area contributed by atoms with Gasteiger partial charge in [0.25, 0.3) is 0 Å². The lowest BCUT2D eigenvalue weighted by Crippen LogP contribution is -1.90. The largest absolute Gasteiger partial charge is 0.496 e. The van der Waals surface area contributed by atoms with E-state index >= 15 is 0 Å². The maximum absolute atomic E-state index is 5.27. The first-order valence-electron chi connectivity index (χ1n) is 5.81. The Morgan fingerprint density at radius 2 is 1.94 bits per heavy atom. The Balaban J connectivity index is 2.30. The van der Waals surface area contributed by atoms with Crippen LogP contribution in [0.25, 0.3) is 0 Å². The lowest BCUT2D eigenvalue weighted by atomic mass is 10.2. The van der Waals surface area contributed by atoms with E-state index in [2.05, 4.69) is 9.98 Å². The molecule has 0 unspecified atom stereocenters. The summed E-state index contributed by atoms with van der Waals surface area (Å²) < 4.78 is 5.27. The molecular weight excluding hydrogens is 224 g/mol. The maximum Gasteiger partial charge on any atom is 0.152 e. The van der Waals surface area contributed by atoms with Crippen molar-refractivity contribution < 1.29 is 4.74 Å². The van der Waals surface area contributed by atoms with Crippen LogP contribution in [0.1, 0.15) is 16.8 Å². The number of para-hydroxylation sites is 1. The molecule has 0 amide bonds. The molecule has 0 spiro atoms. The van der Waals surface area contributed by atoms with Crippen molar-refractivity contribution in [3.05, 3.63) is 53.2 Å². The van der Waals surface area contributed by atoms with Crippen LogP contribution in [0.2, 0.25) is 0 Å². The molecule has 0 saturated carbocycles. The van der Waals surface area contributed by atoms with Gasteiger partial charge in [-0.3, -0.25) is 0 Å². The second kappa shape index (κ2) is 5.45. The zero-order chi connectivity index (χ0) is 13.0. The topological polar surface area (TPSA) is 34.5 Å². The maximum atomic E-state index is 5.27. The van der Waals surface area contributed by atoms with Crippen LogP contribution in [0.5, 0.6) is 5.75 Å². The van der Waals surface area contributed by atoms with Gasteiger partial charge in [0.05, 0.1) is 7.11 Å². The monoisotopic (exact) mass is 240 g/mol. The minimum absolute atomic E-state index is 0.721. The lowest BCUT2D eigenvalue weighted by Gasteiger charge is -2.03. The van der Waals surface area contributed by atoms with Crippen LogP contribution in [-0.2, 0) is 0 Å². The summed E-state index contributed by atoms with van der Waals surface area (Å²) in [6, 6.07) is 11.8. The Kier molecular flexibility index (Phi) is 3.72. The Hall–Kier alpha value is -2.16. The fourth-order valence-corrected chi connectivity index (χ4v) is 1.79. The predicted molar refractivity (Wildman–Crippen MR) is 74.0 cm³/mol. The van der Waals surface area contributed by atoms with Crippen molar-refractivity contribution in [2.45, 2.75) is 13.8 Å². The Bertz CT molecular complexity index is 556. The second-order valence-corrected chi connectivity index (χ2v) is 4.14. The highest BCUT2D eigenvalue weighted by atomic mass is 16.5. The van der Waals surface area contributed by atoms with E-state index in [0.29, 0.717) is 0 Å². The summed E-state index contributed by atoms with van der Waals surface area (Å²) in [5, 5.41) is 0. The van der Waals surface area contributed by atoms with Crippen LogP contribution >= 0.6 is 0 Å². The van der Waals surface area contributed by atoms with E-state index in [1.807, 2.05) is 50.2 Å². The van der Waals surface area contributed by atoms with Gasteiger partial charge in [-0.1, -0.05) is 12.1 Å². The number of methoxy groups -OCH3 is 1. The zero-order valence-corrected chi connectivity index (χ0v) is 10.8. The van der Waals surface area contributed by atoms with Gasteiger partial charge in [0, 0.05) is 17.5 Å². The Morgan fingerprint density at radius 1 is 1.17 bits per heavy atom. The smallest absolute Gasteiger partial charge is 0.152 e. The summed E-state index contributed by atoms with van der Waals surface area (Å²) >= 11 is 0. The molecule has 0 aliphatic rings. The Labute approximate surface area is 107 Å². The molecule has 0 aliphatic carbocycles. The third kappa shape index (κ3) is 2.94. The van der Waals surface area contributed by atoms with Crippen molar-refractivity contribution in [1.29, 1.82) is 0 Å². The number of nitrogens with zero attached hydrogens (tertiary/aromatic N) is 2.